The number of hydrogen-bond donors (Lipinski definition) is 3. The number of benzene rings is 3. The van der Waals surface area contributed by atoms with E-state index in [9.17, 15) is 9.90 Å². The Morgan fingerprint density at radius 2 is 1.67 bits per heavy atom. The normalized spacial score (nSPS) is 10.6. The van der Waals surface area contributed by atoms with Crippen LogP contribution in [0.15, 0.2) is 78.5 Å². The molecule has 0 spiro atoms. The third-order valence-corrected chi connectivity index (χ3v) is 6.38. The Balaban J connectivity index is 1.47. The van der Waals surface area contributed by atoms with Crippen LogP contribution >= 0.6 is 11.8 Å². The fraction of sp³-hybridized carbons (Fsp3) is 0.148. The van der Waals surface area contributed by atoms with Crippen molar-refractivity contribution in [3.63, 3.8) is 0 Å². The number of methoxy groups -OCH3 is 1. The number of thioether (sulfide) groups is 1. The van der Waals surface area contributed by atoms with Gasteiger partial charge in [-0.25, -0.2) is 0 Å². The molecule has 3 aromatic carbocycles. The summed E-state index contributed by atoms with van der Waals surface area (Å²) in [7, 11) is 1.47. The quantitative estimate of drug-likeness (QED) is 0.227. The van der Waals surface area contributed by atoms with Gasteiger partial charge in [0, 0.05) is 16.8 Å². The van der Waals surface area contributed by atoms with Gasteiger partial charge in [0.15, 0.2) is 22.5 Å². The molecule has 0 aliphatic carbocycles. The Bertz CT molecular complexity index is 1380. The molecule has 0 radical (unpaired) electrons. The standard InChI is InChI=1S/C27H27N5O3S/c1-17-5-9-20(10-6-17)26-30-31-27(32(26)22-12-7-18(2)8-13-22)36-16-25(34)29-28-19(3)21-11-14-23(33)24(15-21)35-4/h5-15,28,33H,3,16H2,1-2,4H3,(H,29,34). The number of hydrogen-bond acceptors (Lipinski definition) is 7. The molecular formula is C27H27N5O3S. The van der Waals surface area contributed by atoms with E-state index in [2.05, 4.69) is 27.6 Å². The van der Waals surface area contributed by atoms with Gasteiger partial charge in [0.05, 0.1) is 18.6 Å². The van der Waals surface area contributed by atoms with E-state index >= 15 is 0 Å². The number of carbonyl (C=O) groups excluding carboxylic acids is 1. The minimum absolute atomic E-state index is 0.0252. The second-order valence-corrected chi connectivity index (χ2v) is 9.11. The summed E-state index contributed by atoms with van der Waals surface area (Å²) in [5.41, 5.74) is 10.7. The molecule has 8 nitrogen and oxygen atoms in total. The second-order valence-electron chi connectivity index (χ2n) is 8.17. The summed E-state index contributed by atoms with van der Waals surface area (Å²) in [6.07, 6.45) is 0. The Kier molecular flexibility index (Phi) is 7.60. The van der Waals surface area contributed by atoms with Crippen LogP contribution in [0.2, 0.25) is 0 Å². The summed E-state index contributed by atoms with van der Waals surface area (Å²) in [5, 5.41) is 19.2. The number of amides is 1. The van der Waals surface area contributed by atoms with Crippen LogP contribution in [-0.4, -0.2) is 38.6 Å². The maximum Gasteiger partial charge on any atom is 0.248 e. The van der Waals surface area contributed by atoms with E-state index in [1.54, 1.807) is 12.1 Å². The molecule has 0 saturated carbocycles. The Labute approximate surface area is 214 Å². The van der Waals surface area contributed by atoms with E-state index in [0.29, 0.717) is 28.0 Å². The first kappa shape index (κ1) is 24.9. The number of carbonyl (C=O) groups is 1. The van der Waals surface area contributed by atoms with Gasteiger partial charge in [0.1, 0.15) is 0 Å². The van der Waals surface area contributed by atoms with Crippen molar-refractivity contribution in [2.24, 2.45) is 0 Å². The van der Waals surface area contributed by atoms with Crippen LogP contribution in [0.25, 0.3) is 22.8 Å². The first-order chi connectivity index (χ1) is 17.4. The van der Waals surface area contributed by atoms with Gasteiger partial charge in [0.2, 0.25) is 5.91 Å². The summed E-state index contributed by atoms with van der Waals surface area (Å²) in [6.45, 7) is 8.00. The third kappa shape index (κ3) is 5.69. The molecule has 0 bridgehead atoms. The zero-order valence-corrected chi connectivity index (χ0v) is 21.1. The van der Waals surface area contributed by atoms with Crippen molar-refractivity contribution in [3.8, 4) is 28.6 Å². The molecule has 184 valence electrons. The molecule has 36 heavy (non-hydrogen) atoms. The molecule has 0 aliphatic rings. The number of phenolic OH excluding ortho intramolecular Hbond substituents is 1. The lowest BCUT2D eigenvalue weighted by atomic mass is 10.1. The Morgan fingerprint density at radius 1 is 1.00 bits per heavy atom. The number of aromatic nitrogens is 3. The summed E-state index contributed by atoms with van der Waals surface area (Å²) >= 11 is 1.28. The average molecular weight is 502 g/mol. The number of rotatable bonds is 9. The number of phenols is 1. The molecule has 0 unspecified atom stereocenters. The lowest BCUT2D eigenvalue weighted by Gasteiger charge is -2.13. The summed E-state index contributed by atoms with van der Waals surface area (Å²) in [6, 6.07) is 21.0. The fourth-order valence-corrected chi connectivity index (χ4v) is 4.18. The van der Waals surface area contributed by atoms with Crippen LogP contribution in [0.3, 0.4) is 0 Å². The lowest BCUT2D eigenvalue weighted by Crippen LogP contribution is -2.37. The highest BCUT2D eigenvalue weighted by Gasteiger charge is 2.17. The van der Waals surface area contributed by atoms with E-state index in [0.717, 1.165) is 22.4 Å². The molecule has 0 atom stereocenters. The van der Waals surface area contributed by atoms with Crippen molar-refractivity contribution in [2.75, 3.05) is 12.9 Å². The molecule has 0 fully saturated rings. The maximum absolute atomic E-state index is 12.6. The van der Waals surface area contributed by atoms with E-state index in [-0.39, 0.29) is 17.4 Å². The molecule has 1 heterocycles. The summed E-state index contributed by atoms with van der Waals surface area (Å²) < 4.78 is 7.07. The fourth-order valence-electron chi connectivity index (χ4n) is 3.43. The molecule has 3 N–H and O–H groups in total. The van der Waals surface area contributed by atoms with Crippen LogP contribution in [0.5, 0.6) is 11.5 Å². The highest BCUT2D eigenvalue weighted by atomic mass is 32.2. The number of nitrogens with zero attached hydrogens (tertiary/aromatic N) is 3. The van der Waals surface area contributed by atoms with E-state index < -0.39 is 0 Å². The highest BCUT2D eigenvalue weighted by molar-refractivity contribution is 7.99. The van der Waals surface area contributed by atoms with Crippen LogP contribution in [0.4, 0.5) is 0 Å². The zero-order valence-electron chi connectivity index (χ0n) is 20.3. The van der Waals surface area contributed by atoms with Crippen molar-refractivity contribution in [3.05, 3.63) is 90.0 Å². The highest BCUT2D eigenvalue weighted by Crippen LogP contribution is 2.29. The molecule has 4 aromatic rings. The van der Waals surface area contributed by atoms with Gasteiger partial charge < -0.3 is 9.84 Å². The molecule has 0 aliphatic heterocycles. The minimum Gasteiger partial charge on any atom is -0.504 e. The topological polar surface area (TPSA) is 101 Å². The molecule has 4 rings (SSSR count). The summed E-state index contributed by atoms with van der Waals surface area (Å²) in [4.78, 5) is 12.6. The molecular weight excluding hydrogens is 474 g/mol. The van der Waals surface area contributed by atoms with Crippen LogP contribution < -0.4 is 15.6 Å². The second kappa shape index (κ2) is 11.0. The first-order valence-electron chi connectivity index (χ1n) is 11.2. The predicted molar refractivity (Wildman–Crippen MR) is 142 cm³/mol. The molecule has 9 heteroatoms. The largest absolute Gasteiger partial charge is 0.504 e. The van der Waals surface area contributed by atoms with Crippen molar-refractivity contribution >= 4 is 23.4 Å². The van der Waals surface area contributed by atoms with Crippen LogP contribution in [-0.2, 0) is 4.79 Å². The van der Waals surface area contributed by atoms with E-state index in [4.69, 9.17) is 4.74 Å². The van der Waals surface area contributed by atoms with Crippen LogP contribution in [0.1, 0.15) is 16.7 Å². The zero-order chi connectivity index (χ0) is 25.7. The van der Waals surface area contributed by atoms with Crippen LogP contribution in [0, 0.1) is 13.8 Å². The van der Waals surface area contributed by atoms with Crippen molar-refractivity contribution in [1.29, 1.82) is 0 Å². The van der Waals surface area contributed by atoms with Crippen molar-refractivity contribution in [1.82, 2.24) is 25.6 Å². The van der Waals surface area contributed by atoms with Gasteiger partial charge in [-0.2, -0.15) is 0 Å². The van der Waals surface area contributed by atoms with Crippen molar-refractivity contribution < 1.29 is 14.6 Å². The summed E-state index contributed by atoms with van der Waals surface area (Å²) in [5.74, 6) is 0.892. The lowest BCUT2D eigenvalue weighted by molar-refractivity contribution is -0.119. The van der Waals surface area contributed by atoms with Gasteiger partial charge in [-0.05, 0) is 44.2 Å². The average Bonchev–Trinajstić information content (AvgIpc) is 3.31. The molecule has 0 saturated heterocycles. The molecule has 1 aromatic heterocycles. The van der Waals surface area contributed by atoms with Gasteiger partial charge in [0.25, 0.3) is 0 Å². The Morgan fingerprint density at radius 3 is 2.33 bits per heavy atom. The molecule has 1 amide bonds. The van der Waals surface area contributed by atoms with Gasteiger partial charge in [-0.3, -0.25) is 20.2 Å². The number of aryl methyl sites for hydroxylation is 2. The monoisotopic (exact) mass is 501 g/mol. The van der Waals surface area contributed by atoms with Gasteiger partial charge >= 0.3 is 0 Å². The smallest absolute Gasteiger partial charge is 0.248 e. The number of hydrazine groups is 1. The van der Waals surface area contributed by atoms with Gasteiger partial charge in [-0.1, -0.05) is 65.9 Å². The third-order valence-electron chi connectivity index (χ3n) is 5.45. The SMILES string of the molecule is C=C(NNC(=O)CSc1nnc(-c2ccc(C)cc2)n1-c1ccc(C)cc1)c1ccc(O)c(OC)c1. The number of nitrogens with one attached hydrogen (secondary N) is 2. The maximum atomic E-state index is 12.6. The number of aromatic hydroxyl groups is 1. The number of ether oxygens (including phenoxy) is 1. The minimum atomic E-state index is -0.262. The first-order valence-corrected chi connectivity index (χ1v) is 12.2. The van der Waals surface area contributed by atoms with E-state index in [1.807, 2.05) is 66.9 Å². The van der Waals surface area contributed by atoms with E-state index in [1.165, 1.54) is 24.9 Å². The van der Waals surface area contributed by atoms with Gasteiger partial charge in [-0.15, -0.1) is 10.2 Å². The Hall–Kier alpha value is -4.24. The predicted octanol–water partition coefficient (Wildman–Crippen LogP) is 4.65. The van der Waals surface area contributed by atoms with Crippen molar-refractivity contribution in [2.45, 2.75) is 19.0 Å².